The Kier molecular flexibility index (Phi) is 3.33. The van der Waals surface area contributed by atoms with E-state index in [2.05, 4.69) is 49.9 Å². The Balaban J connectivity index is 1.83. The number of halogens is 1. The van der Waals surface area contributed by atoms with Gasteiger partial charge in [-0.3, -0.25) is 4.68 Å². The highest BCUT2D eigenvalue weighted by Crippen LogP contribution is 2.17. The van der Waals surface area contributed by atoms with E-state index in [-0.39, 0.29) is 0 Å². The summed E-state index contributed by atoms with van der Waals surface area (Å²) >= 11 is 2.29. The monoisotopic (exact) mass is 365 g/mol. The number of nitrogens with zero attached hydrogens (tertiary/aromatic N) is 5. The molecule has 3 rings (SSSR count). The van der Waals surface area contributed by atoms with Gasteiger partial charge >= 0.3 is 0 Å². The molecule has 3 aromatic rings. The number of aromatic nitrogens is 5. The molecule has 0 amide bonds. The predicted octanol–water partition coefficient (Wildman–Crippen LogP) is 2.33. The zero-order chi connectivity index (χ0) is 13.2. The summed E-state index contributed by atoms with van der Waals surface area (Å²) in [6, 6.07) is 8.16. The van der Waals surface area contributed by atoms with Gasteiger partial charge in [-0.2, -0.15) is 10.2 Å². The second kappa shape index (κ2) is 5.12. The fraction of sp³-hybridized carbons (Fsp3) is 0.154. The molecule has 0 aliphatic rings. The minimum Gasteiger partial charge on any atom is -0.275 e. The van der Waals surface area contributed by atoms with E-state index in [1.165, 1.54) is 3.57 Å². The third-order valence-electron chi connectivity index (χ3n) is 2.72. The van der Waals surface area contributed by atoms with Crippen molar-refractivity contribution in [1.82, 2.24) is 24.5 Å². The highest BCUT2D eigenvalue weighted by Gasteiger charge is 2.05. The van der Waals surface area contributed by atoms with Gasteiger partial charge in [0.2, 0.25) is 0 Å². The Bertz CT molecular complexity index is 700. The molecule has 0 radical (unpaired) electrons. The first kappa shape index (κ1) is 12.3. The van der Waals surface area contributed by atoms with E-state index in [1.807, 2.05) is 36.3 Å². The van der Waals surface area contributed by atoms with E-state index in [0.717, 1.165) is 17.0 Å². The summed E-state index contributed by atoms with van der Waals surface area (Å²) in [5.74, 6) is 0.752. The standard InChI is InChI=1S/C13H12IN5/c1-18-7-10(6-16-18)8-19-9-15-13(17-19)11-3-2-4-12(14)5-11/h2-7,9H,8H2,1H3. The van der Waals surface area contributed by atoms with Gasteiger partial charge in [-0.1, -0.05) is 12.1 Å². The average molecular weight is 365 g/mol. The van der Waals surface area contributed by atoms with E-state index < -0.39 is 0 Å². The summed E-state index contributed by atoms with van der Waals surface area (Å²) in [4.78, 5) is 4.35. The minimum absolute atomic E-state index is 0.685. The van der Waals surface area contributed by atoms with Gasteiger partial charge in [0.25, 0.3) is 0 Å². The van der Waals surface area contributed by atoms with Crippen molar-refractivity contribution in [3.63, 3.8) is 0 Å². The lowest BCUT2D eigenvalue weighted by atomic mass is 10.2. The van der Waals surface area contributed by atoms with Crippen molar-refractivity contribution in [2.24, 2.45) is 7.05 Å². The molecule has 19 heavy (non-hydrogen) atoms. The van der Waals surface area contributed by atoms with Crippen molar-refractivity contribution >= 4 is 22.6 Å². The van der Waals surface area contributed by atoms with E-state index >= 15 is 0 Å². The van der Waals surface area contributed by atoms with Crippen LogP contribution in [0.2, 0.25) is 0 Å². The Morgan fingerprint density at radius 2 is 2.21 bits per heavy atom. The van der Waals surface area contributed by atoms with Crippen molar-refractivity contribution in [3.05, 3.63) is 52.1 Å². The van der Waals surface area contributed by atoms with Crippen molar-refractivity contribution in [1.29, 1.82) is 0 Å². The first-order valence-electron chi connectivity index (χ1n) is 5.83. The third-order valence-corrected chi connectivity index (χ3v) is 3.39. The molecule has 0 bridgehead atoms. The van der Waals surface area contributed by atoms with Crippen LogP contribution < -0.4 is 0 Å². The predicted molar refractivity (Wildman–Crippen MR) is 80.5 cm³/mol. The number of hydrogen-bond acceptors (Lipinski definition) is 3. The van der Waals surface area contributed by atoms with Crippen molar-refractivity contribution in [2.45, 2.75) is 6.54 Å². The molecule has 0 saturated heterocycles. The molecule has 0 saturated carbocycles. The van der Waals surface area contributed by atoms with E-state index in [1.54, 1.807) is 11.0 Å². The molecule has 2 aromatic heterocycles. The van der Waals surface area contributed by atoms with Crippen LogP contribution in [0.1, 0.15) is 5.56 Å². The molecule has 5 nitrogen and oxygen atoms in total. The fourth-order valence-electron chi connectivity index (χ4n) is 1.87. The van der Waals surface area contributed by atoms with Gasteiger partial charge in [-0.05, 0) is 34.7 Å². The molecule has 0 spiro atoms. The van der Waals surface area contributed by atoms with E-state index in [0.29, 0.717) is 6.54 Å². The lowest BCUT2D eigenvalue weighted by Gasteiger charge is -1.97. The van der Waals surface area contributed by atoms with E-state index in [9.17, 15) is 0 Å². The van der Waals surface area contributed by atoms with Crippen molar-refractivity contribution < 1.29 is 0 Å². The topological polar surface area (TPSA) is 48.5 Å². The van der Waals surface area contributed by atoms with Gasteiger partial charge in [-0.25, -0.2) is 9.67 Å². The highest BCUT2D eigenvalue weighted by atomic mass is 127. The maximum Gasteiger partial charge on any atom is 0.181 e. The van der Waals surface area contributed by atoms with Crippen LogP contribution in [-0.4, -0.2) is 24.5 Å². The summed E-state index contributed by atoms with van der Waals surface area (Å²) in [5, 5.41) is 8.63. The molecule has 6 heteroatoms. The first-order chi connectivity index (χ1) is 9.20. The number of rotatable bonds is 3. The fourth-order valence-corrected chi connectivity index (χ4v) is 2.41. The number of hydrogen-bond donors (Lipinski definition) is 0. The molecule has 96 valence electrons. The van der Waals surface area contributed by atoms with Gasteiger partial charge in [0.1, 0.15) is 6.33 Å². The Morgan fingerprint density at radius 3 is 2.95 bits per heavy atom. The molecular weight excluding hydrogens is 353 g/mol. The van der Waals surface area contributed by atoms with Crippen LogP contribution in [0.5, 0.6) is 0 Å². The lowest BCUT2D eigenvalue weighted by molar-refractivity contribution is 0.685. The maximum atomic E-state index is 4.49. The largest absolute Gasteiger partial charge is 0.275 e. The number of benzene rings is 1. The zero-order valence-electron chi connectivity index (χ0n) is 10.4. The molecule has 2 heterocycles. The molecule has 1 aromatic carbocycles. The van der Waals surface area contributed by atoms with Crippen LogP contribution in [0.25, 0.3) is 11.4 Å². The molecular formula is C13H12IN5. The molecule has 0 aliphatic carbocycles. The van der Waals surface area contributed by atoms with Crippen LogP contribution in [-0.2, 0) is 13.6 Å². The van der Waals surface area contributed by atoms with Gasteiger partial charge in [0, 0.05) is 27.9 Å². The Labute approximate surface area is 124 Å². The van der Waals surface area contributed by atoms with Gasteiger partial charge in [-0.15, -0.1) is 0 Å². The van der Waals surface area contributed by atoms with Crippen molar-refractivity contribution in [3.8, 4) is 11.4 Å². The Morgan fingerprint density at radius 1 is 1.32 bits per heavy atom. The second-order valence-electron chi connectivity index (χ2n) is 4.30. The molecule has 0 fully saturated rings. The van der Waals surface area contributed by atoms with Crippen LogP contribution in [0.4, 0.5) is 0 Å². The van der Waals surface area contributed by atoms with Crippen molar-refractivity contribution in [2.75, 3.05) is 0 Å². The summed E-state index contributed by atoms with van der Waals surface area (Å²) in [7, 11) is 1.90. The SMILES string of the molecule is Cn1cc(Cn2cnc(-c3cccc(I)c3)n2)cn1. The molecule has 0 aliphatic heterocycles. The maximum absolute atomic E-state index is 4.49. The summed E-state index contributed by atoms with van der Waals surface area (Å²) in [6.07, 6.45) is 5.57. The summed E-state index contributed by atoms with van der Waals surface area (Å²) < 4.78 is 4.79. The first-order valence-corrected chi connectivity index (χ1v) is 6.91. The zero-order valence-corrected chi connectivity index (χ0v) is 12.5. The van der Waals surface area contributed by atoms with Crippen LogP contribution in [0.3, 0.4) is 0 Å². The second-order valence-corrected chi connectivity index (χ2v) is 5.54. The van der Waals surface area contributed by atoms with Crippen LogP contribution in [0.15, 0.2) is 43.0 Å². The summed E-state index contributed by atoms with van der Waals surface area (Å²) in [5.41, 5.74) is 2.15. The Hall–Kier alpha value is -1.70. The van der Waals surface area contributed by atoms with E-state index in [4.69, 9.17) is 0 Å². The normalized spacial score (nSPS) is 10.8. The van der Waals surface area contributed by atoms with Gasteiger partial charge in [0.15, 0.2) is 5.82 Å². The third kappa shape index (κ3) is 2.83. The van der Waals surface area contributed by atoms with Crippen LogP contribution >= 0.6 is 22.6 Å². The van der Waals surface area contributed by atoms with Crippen LogP contribution in [0, 0.1) is 3.57 Å². The van der Waals surface area contributed by atoms with Gasteiger partial charge in [0.05, 0.1) is 12.7 Å². The quantitative estimate of drug-likeness (QED) is 0.670. The lowest BCUT2D eigenvalue weighted by Crippen LogP contribution is -1.99. The summed E-state index contributed by atoms with van der Waals surface area (Å²) in [6.45, 7) is 0.685. The molecule has 0 unspecified atom stereocenters. The number of aryl methyl sites for hydroxylation is 1. The smallest absolute Gasteiger partial charge is 0.181 e. The average Bonchev–Trinajstić information content (AvgIpc) is 2.99. The van der Waals surface area contributed by atoms with Gasteiger partial charge < -0.3 is 0 Å². The highest BCUT2D eigenvalue weighted by molar-refractivity contribution is 14.1. The minimum atomic E-state index is 0.685. The molecule has 0 atom stereocenters. The molecule has 0 N–H and O–H groups in total.